The van der Waals surface area contributed by atoms with E-state index in [0.29, 0.717) is 0 Å². The smallest absolute Gasteiger partial charge is 0.270 e. The molecule has 0 heterocycles. The molecule has 0 atom stereocenters. The molecule has 0 spiro atoms. The number of rotatable bonds is 0. The molecular weight excluding hydrogens is 136 g/mol. The fraction of sp³-hybridized carbons (Fsp3) is 0.500. The summed E-state index contributed by atoms with van der Waals surface area (Å²) in [7, 11) is 0. The van der Waals surface area contributed by atoms with Gasteiger partial charge in [0.05, 0.1) is 0 Å². The normalized spacial score (nSPS) is 8.73. The summed E-state index contributed by atoms with van der Waals surface area (Å²) in [6.45, 7) is 7.47. The van der Waals surface area contributed by atoms with Gasteiger partial charge in [0.1, 0.15) is 0 Å². The molecule has 0 saturated heterocycles. The number of hydrogen-bond donors (Lipinski definition) is 0. The molecule has 1 heteroatoms. The molecule has 0 N–H and O–H groups in total. The average molecular weight is 148 g/mol. The summed E-state index contributed by atoms with van der Waals surface area (Å²) in [5, 5.41) is 0. The molecule has 11 heavy (non-hydrogen) atoms. The molecule has 0 aromatic rings. The molecule has 0 aromatic carbocycles. The second kappa shape index (κ2) is 3.84. The summed E-state index contributed by atoms with van der Waals surface area (Å²) in [6, 6.07) is 0. The highest BCUT2D eigenvalue weighted by Gasteiger charge is 2.03. The van der Waals surface area contributed by atoms with Crippen molar-refractivity contribution in [2.45, 2.75) is 27.7 Å². The molecule has 0 aliphatic rings. The van der Waals surface area contributed by atoms with Gasteiger partial charge in [-0.15, -0.1) is 0 Å². The van der Waals surface area contributed by atoms with E-state index in [1.54, 1.807) is 6.92 Å². The Labute approximate surface area is 68.2 Å². The average Bonchev–Trinajstić information content (AvgIpc) is 1.83. The molecule has 0 aliphatic heterocycles. The second-order valence-electron chi connectivity index (χ2n) is 3.20. The number of carbonyl (C=O) groups is 1. The van der Waals surface area contributed by atoms with Gasteiger partial charge in [0.15, 0.2) is 0 Å². The lowest BCUT2D eigenvalue weighted by Crippen LogP contribution is -2.00. The number of ketones is 1. The lowest BCUT2D eigenvalue weighted by atomic mass is 9.98. The van der Waals surface area contributed by atoms with Crippen molar-refractivity contribution in [3.8, 4) is 23.7 Å². The summed E-state index contributed by atoms with van der Waals surface area (Å²) in [4.78, 5) is 10.7. The van der Waals surface area contributed by atoms with Crippen LogP contribution in [-0.2, 0) is 4.79 Å². The van der Waals surface area contributed by atoms with Crippen molar-refractivity contribution in [3.05, 3.63) is 0 Å². The summed E-state index contributed by atoms with van der Waals surface area (Å²) < 4.78 is 0. The molecular formula is C10H12O. The summed E-state index contributed by atoms with van der Waals surface area (Å²) >= 11 is 0. The quantitative estimate of drug-likeness (QED) is 0.377. The number of hydrogen-bond acceptors (Lipinski definition) is 1. The Bertz CT molecular complexity index is 257. The Morgan fingerprint density at radius 1 is 1.18 bits per heavy atom. The van der Waals surface area contributed by atoms with Gasteiger partial charge in [0.2, 0.25) is 0 Å². The van der Waals surface area contributed by atoms with Gasteiger partial charge in [-0.2, -0.15) is 0 Å². The molecule has 1 nitrogen and oxygen atoms in total. The molecule has 0 rings (SSSR count). The lowest BCUT2D eigenvalue weighted by Gasteiger charge is -2.05. The molecule has 0 radical (unpaired) electrons. The van der Waals surface area contributed by atoms with E-state index >= 15 is 0 Å². The minimum atomic E-state index is -0.303. The van der Waals surface area contributed by atoms with E-state index in [9.17, 15) is 4.79 Å². The van der Waals surface area contributed by atoms with Gasteiger partial charge in [-0.25, -0.2) is 0 Å². The fourth-order valence-corrected chi connectivity index (χ4v) is 0.389. The third-order valence-electron chi connectivity index (χ3n) is 0.790. The molecule has 0 unspecified atom stereocenters. The first-order valence-electron chi connectivity index (χ1n) is 3.45. The van der Waals surface area contributed by atoms with E-state index in [-0.39, 0.29) is 11.2 Å². The van der Waals surface area contributed by atoms with Crippen LogP contribution in [0.3, 0.4) is 0 Å². The van der Waals surface area contributed by atoms with E-state index in [0.717, 1.165) is 0 Å². The van der Waals surface area contributed by atoms with Crippen molar-refractivity contribution in [2.75, 3.05) is 0 Å². The van der Waals surface area contributed by atoms with Crippen LogP contribution in [0.2, 0.25) is 0 Å². The van der Waals surface area contributed by atoms with Crippen molar-refractivity contribution in [2.24, 2.45) is 5.41 Å². The van der Waals surface area contributed by atoms with Crippen LogP contribution in [0.4, 0.5) is 0 Å². The monoisotopic (exact) mass is 148 g/mol. The van der Waals surface area contributed by atoms with Crippen LogP contribution in [0.1, 0.15) is 27.7 Å². The van der Waals surface area contributed by atoms with Crippen molar-refractivity contribution in [3.63, 3.8) is 0 Å². The maximum Gasteiger partial charge on any atom is 0.279 e. The van der Waals surface area contributed by atoms with Crippen LogP contribution >= 0.6 is 0 Å². The largest absolute Gasteiger partial charge is 0.279 e. The van der Waals surface area contributed by atoms with Crippen LogP contribution < -0.4 is 0 Å². The van der Waals surface area contributed by atoms with Gasteiger partial charge >= 0.3 is 0 Å². The zero-order chi connectivity index (χ0) is 8.91. The highest BCUT2D eigenvalue weighted by Crippen LogP contribution is 2.09. The van der Waals surface area contributed by atoms with Crippen molar-refractivity contribution >= 4 is 5.78 Å². The predicted molar refractivity (Wildman–Crippen MR) is 45.7 cm³/mol. The Kier molecular flexibility index (Phi) is 3.42. The minimum absolute atomic E-state index is 0.120. The van der Waals surface area contributed by atoms with Gasteiger partial charge in [-0.3, -0.25) is 4.79 Å². The first-order chi connectivity index (χ1) is 4.95. The molecule has 0 bridgehead atoms. The third-order valence-corrected chi connectivity index (χ3v) is 0.790. The molecule has 0 fully saturated rings. The van der Waals surface area contributed by atoms with Gasteiger partial charge < -0.3 is 0 Å². The molecule has 0 aliphatic carbocycles. The van der Waals surface area contributed by atoms with E-state index in [1.807, 2.05) is 20.8 Å². The summed E-state index contributed by atoms with van der Waals surface area (Å²) in [5.74, 6) is 9.82. The zero-order valence-electron chi connectivity index (χ0n) is 7.41. The van der Waals surface area contributed by atoms with Gasteiger partial charge in [0.25, 0.3) is 5.78 Å². The Morgan fingerprint density at radius 2 is 1.73 bits per heavy atom. The van der Waals surface area contributed by atoms with Crippen molar-refractivity contribution < 1.29 is 4.79 Å². The fourth-order valence-electron chi connectivity index (χ4n) is 0.389. The van der Waals surface area contributed by atoms with Crippen LogP contribution in [0.15, 0.2) is 0 Å². The molecule has 0 saturated carbocycles. The third kappa shape index (κ3) is 6.68. The van der Waals surface area contributed by atoms with Crippen LogP contribution in [0, 0.1) is 29.1 Å². The number of Topliss-reactive ketones (excluding diaryl/α,β-unsaturated/α-hetero) is 1. The van der Waals surface area contributed by atoms with Crippen LogP contribution in [0.5, 0.6) is 0 Å². The SMILES string of the molecule is CC#CC(=O)C#CC(C)(C)C. The first kappa shape index (κ1) is 9.79. The van der Waals surface area contributed by atoms with Crippen LogP contribution in [0.25, 0.3) is 0 Å². The van der Waals surface area contributed by atoms with Crippen molar-refractivity contribution in [1.82, 2.24) is 0 Å². The zero-order valence-corrected chi connectivity index (χ0v) is 7.41. The topological polar surface area (TPSA) is 17.1 Å². The lowest BCUT2D eigenvalue weighted by molar-refractivity contribution is -0.108. The van der Waals surface area contributed by atoms with E-state index in [4.69, 9.17) is 0 Å². The van der Waals surface area contributed by atoms with E-state index in [1.165, 1.54) is 0 Å². The summed E-state index contributed by atoms with van der Waals surface area (Å²) in [6.07, 6.45) is 0. The maximum atomic E-state index is 10.7. The van der Waals surface area contributed by atoms with Crippen LogP contribution in [-0.4, -0.2) is 5.78 Å². The predicted octanol–water partition coefficient (Wildman–Crippen LogP) is 1.63. The van der Waals surface area contributed by atoms with Gasteiger partial charge in [-0.1, -0.05) is 11.8 Å². The summed E-state index contributed by atoms with van der Waals surface area (Å²) in [5.41, 5.74) is -0.120. The highest BCUT2D eigenvalue weighted by molar-refractivity contribution is 6.08. The Hall–Kier alpha value is -1.21. The Morgan fingerprint density at radius 3 is 2.09 bits per heavy atom. The van der Waals surface area contributed by atoms with Gasteiger partial charge in [-0.05, 0) is 39.5 Å². The molecule has 0 amide bonds. The standard InChI is InChI=1S/C10H12O/c1-5-6-9(11)7-8-10(2,3)4/h1-4H3. The van der Waals surface area contributed by atoms with Gasteiger partial charge in [0, 0.05) is 5.41 Å². The number of carbonyl (C=O) groups excluding carboxylic acids is 1. The molecule has 0 aromatic heterocycles. The first-order valence-corrected chi connectivity index (χ1v) is 3.45. The van der Waals surface area contributed by atoms with E-state index in [2.05, 4.69) is 23.7 Å². The highest BCUT2D eigenvalue weighted by atomic mass is 16.1. The second-order valence-corrected chi connectivity index (χ2v) is 3.20. The minimum Gasteiger partial charge on any atom is -0.270 e. The van der Waals surface area contributed by atoms with Crippen molar-refractivity contribution in [1.29, 1.82) is 0 Å². The Balaban J connectivity index is 4.28. The molecule has 58 valence electrons. The van der Waals surface area contributed by atoms with E-state index < -0.39 is 0 Å². The maximum absolute atomic E-state index is 10.7.